The molecule has 1 aromatic rings. The van der Waals surface area contributed by atoms with Crippen molar-refractivity contribution in [1.82, 2.24) is 10.2 Å². The summed E-state index contributed by atoms with van der Waals surface area (Å²) in [6.07, 6.45) is 6.64. The van der Waals surface area contributed by atoms with E-state index in [9.17, 15) is 18.4 Å². The number of nitrogens with zero attached hydrogens (tertiary/aromatic N) is 1. The van der Waals surface area contributed by atoms with Crippen LogP contribution in [0.5, 0.6) is 0 Å². The first-order chi connectivity index (χ1) is 11.5. The Labute approximate surface area is 141 Å². The first-order valence-corrected chi connectivity index (χ1v) is 8.49. The molecule has 1 aliphatic rings. The Hall–Kier alpha value is -1.98. The predicted molar refractivity (Wildman–Crippen MR) is 87.6 cm³/mol. The zero-order chi connectivity index (χ0) is 17.5. The molecule has 4 nitrogen and oxygen atoms in total. The second-order valence-corrected chi connectivity index (χ2v) is 6.24. The molecule has 132 valence electrons. The lowest BCUT2D eigenvalue weighted by Crippen LogP contribution is -2.43. The summed E-state index contributed by atoms with van der Waals surface area (Å²) in [6, 6.07) is 3.27. The molecule has 0 unspecified atom stereocenters. The molecule has 6 heteroatoms. The first-order valence-electron chi connectivity index (χ1n) is 8.49. The molecule has 0 bridgehead atoms. The summed E-state index contributed by atoms with van der Waals surface area (Å²) in [6.45, 7) is 2.26. The van der Waals surface area contributed by atoms with Gasteiger partial charge in [0.1, 0.15) is 0 Å². The SMILES string of the molecule is CC(=O)N(CCNC(=O)c1ccc(F)c(F)c1)C1CCCCCC1. The van der Waals surface area contributed by atoms with Gasteiger partial charge in [-0.3, -0.25) is 9.59 Å². The monoisotopic (exact) mass is 338 g/mol. The van der Waals surface area contributed by atoms with Crippen LogP contribution in [0.15, 0.2) is 18.2 Å². The molecule has 24 heavy (non-hydrogen) atoms. The highest BCUT2D eigenvalue weighted by Crippen LogP contribution is 2.21. The fraction of sp³-hybridized carbons (Fsp3) is 0.556. The van der Waals surface area contributed by atoms with Gasteiger partial charge in [0.05, 0.1) is 0 Å². The van der Waals surface area contributed by atoms with Crippen LogP contribution in [-0.2, 0) is 4.79 Å². The summed E-state index contributed by atoms with van der Waals surface area (Å²) in [5.41, 5.74) is 0.0674. The summed E-state index contributed by atoms with van der Waals surface area (Å²) in [7, 11) is 0. The fourth-order valence-electron chi connectivity index (χ4n) is 3.20. The Morgan fingerprint density at radius 1 is 1.12 bits per heavy atom. The van der Waals surface area contributed by atoms with Gasteiger partial charge in [0.15, 0.2) is 11.6 Å². The van der Waals surface area contributed by atoms with E-state index in [-0.39, 0.29) is 24.1 Å². The molecule has 0 spiro atoms. The van der Waals surface area contributed by atoms with Crippen LogP contribution < -0.4 is 5.32 Å². The van der Waals surface area contributed by atoms with Crippen LogP contribution in [0.1, 0.15) is 55.8 Å². The van der Waals surface area contributed by atoms with E-state index in [4.69, 9.17) is 0 Å². The summed E-state index contributed by atoms with van der Waals surface area (Å²) in [5.74, 6) is -2.50. The van der Waals surface area contributed by atoms with Gasteiger partial charge in [0.25, 0.3) is 5.91 Å². The van der Waals surface area contributed by atoms with Crippen molar-refractivity contribution in [2.24, 2.45) is 0 Å². The molecule has 0 aromatic heterocycles. The van der Waals surface area contributed by atoms with E-state index in [2.05, 4.69) is 5.32 Å². The van der Waals surface area contributed by atoms with E-state index in [0.717, 1.165) is 37.8 Å². The second-order valence-electron chi connectivity index (χ2n) is 6.24. The Morgan fingerprint density at radius 3 is 2.38 bits per heavy atom. The molecule has 0 aliphatic heterocycles. The molecule has 0 radical (unpaired) electrons. The van der Waals surface area contributed by atoms with Crippen LogP contribution in [0.25, 0.3) is 0 Å². The molecule has 0 atom stereocenters. The topological polar surface area (TPSA) is 49.4 Å². The summed E-state index contributed by atoms with van der Waals surface area (Å²) < 4.78 is 26.1. The number of amides is 2. The van der Waals surface area contributed by atoms with Crippen molar-refractivity contribution in [2.75, 3.05) is 13.1 Å². The Kier molecular flexibility index (Phi) is 6.70. The fourth-order valence-corrected chi connectivity index (χ4v) is 3.20. The van der Waals surface area contributed by atoms with E-state index in [0.29, 0.717) is 6.54 Å². The van der Waals surface area contributed by atoms with Gasteiger partial charge < -0.3 is 10.2 Å². The Morgan fingerprint density at radius 2 is 1.79 bits per heavy atom. The average Bonchev–Trinajstić information content (AvgIpc) is 2.82. The number of nitrogens with one attached hydrogen (secondary N) is 1. The molecule has 2 rings (SSSR count). The molecule has 1 aromatic carbocycles. The molecule has 1 fully saturated rings. The summed E-state index contributed by atoms with van der Waals surface area (Å²) in [4.78, 5) is 25.7. The quantitative estimate of drug-likeness (QED) is 0.838. The third-order valence-corrected chi connectivity index (χ3v) is 4.49. The highest BCUT2D eigenvalue weighted by Gasteiger charge is 2.22. The highest BCUT2D eigenvalue weighted by molar-refractivity contribution is 5.94. The van der Waals surface area contributed by atoms with Crippen LogP contribution in [0.3, 0.4) is 0 Å². The van der Waals surface area contributed by atoms with Crippen LogP contribution in [0.2, 0.25) is 0 Å². The number of carbonyl (C=O) groups is 2. The Bertz CT molecular complexity index is 584. The molecule has 0 heterocycles. The molecule has 2 amide bonds. The Balaban J connectivity index is 1.88. The molecule has 1 saturated carbocycles. The number of benzene rings is 1. The van der Waals surface area contributed by atoms with Crippen LogP contribution in [-0.4, -0.2) is 35.8 Å². The third-order valence-electron chi connectivity index (χ3n) is 4.49. The van der Waals surface area contributed by atoms with Gasteiger partial charge in [0, 0.05) is 31.6 Å². The smallest absolute Gasteiger partial charge is 0.251 e. The maximum atomic E-state index is 13.2. The minimum atomic E-state index is -1.05. The molecule has 1 aliphatic carbocycles. The van der Waals surface area contributed by atoms with E-state index in [1.165, 1.54) is 18.9 Å². The van der Waals surface area contributed by atoms with Gasteiger partial charge in [-0.1, -0.05) is 25.7 Å². The van der Waals surface area contributed by atoms with Gasteiger partial charge in [0.2, 0.25) is 5.91 Å². The number of rotatable bonds is 5. The predicted octanol–water partition coefficient (Wildman–Crippen LogP) is 3.27. The van der Waals surface area contributed by atoms with Crippen molar-refractivity contribution in [3.63, 3.8) is 0 Å². The van der Waals surface area contributed by atoms with Crippen LogP contribution in [0.4, 0.5) is 8.78 Å². The maximum absolute atomic E-state index is 13.2. The minimum Gasteiger partial charge on any atom is -0.350 e. The highest BCUT2D eigenvalue weighted by atomic mass is 19.2. The number of hydrogen-bond donors (Lipinski definition) is 1. The minimum absolute atomic E-state index is 0.00368. The lowest BCUT2D eigenvalue weighted by atomic mass is 10.1. The summed E-state index contributed by atoms with van der Waals surface area (Å²) >= 11 is 0. The van der Waals surface area contributed by atoms with Crippen molar-refractivity contribution >= 4 is 11.8 Å². The zero-order valence-corrected chi connectivity index (χ0v) is 14.0. The maximum Gasteiger partial charge on any atom is 0.251 e. The van der Waals surface area contributed by atoms with E-state index in [1.54, 1.807) is 6.92 Å². The first kappa shape index (κ1) is 18.4. The van der Waals surface area contributed by atoms with Crippen LogP contribution >= 0.6 is 0 Å². The lowest BCUT2D eigenvalue weighted by Gasteiger charge is -2.30. The van der Waals surface area contributed by atoms with Crippen molar-refractivity contribution in [3.05, 3.63) is 35.4 Å². The van der Waals surface area contributed by atoms with Crippen molar-refractivity contribution in [3.8, 4) is 0 Å². The van der Waals surface area contributed by atoms with Gasteiger partial charge >= 0.3 is 0 Å². The van der Waals surface area contributed by atoms with Crippen molar-refractivity contribution < 1.29 is 18.4 Å². The number of halogens is 2. The van der Waals surface area contributed by atoms with Gasteiger partial charge in [-0.15, -0.1) is 0 Å². The number of hydrogen-bond acceptors (Lipinski definition) is 2. The third kappa shape index (κ3) is 5.01. The average molecular weight is 338 g/mol. The number of carbonyl (C=O) groups excluding carboxylic acids is 2. The van der Waals surface area contributed by atoms with E-state index >= 15 is 0 Å². The van der Waals surface area contributed by atoms with Gasteiger partial charge in [-0.25, -0.2) is 8.78 Å². The van der Waals surface area contributed by atoms with Crippen molar-refractivity contribution in [1.29, 1.82) is 0 Å². The van der Waals surface area contributed by atoms with Gasteiger partial charge in [-0.2, -0.15) is 0 Å². The lowest BCUT2D eigenvalue weighted by molar-refractivity contribution is -0.131. The standard InChI is InChI=1S/C18H24F2N2O2/c1-13(23)22(15-6-4-2-3-5-7-15)11-10-21-18(24)14-8-9-16(19)17(20)12-14/h8-9,12,15H,2-7,10-11H2,1H3,(H,21,24). The van der Waals surface area contributed by atoms with E-state index in [1.807, 2.05) is 4.90 Å². The van der Waals surface area contributed by atoms with Gasteiger partial charge in [-0.05, 0) is 31.0 Å². The molecular weight excluding hydrogens is 314 g/mol. The normalized spacial score (nSPS) is 15.6. The van der Waals surface area contributed by atoms with Crippen LogP contribution in [0, 0.1) is 11.6 Å². The molecule has 0 saturated heterocycles. The molecule has 1 N–H and O–H groups in total. The zero-order valence-electron chi connectivity index (χ0n) is 14.0. The largest absolute Gasteiger partial charge is 0.350 e. The molecular formula is C18H24F2N2O2. The van der Waals surface area contributed by atoms with E-state index < -0.39 is 17.5 Å². The second kappa shape index (κ2) is 8.76. The van der Waals surface area contributed by atoms with Crippen molar-refractivity contribution in [2.45, 2.75) is 51.5 Å². The summed E-state index contributed by atoms with van der Waals surface area (Å²) in [5, 5.41) is 2.66.